The lowest BCUT2D eigenvalue weighted by Crippen LogP contribution is -2.41. The number of rotatable bonds is 6. The number of carbonyl (C=O) groups excluding carboxylic acids is 1. The smallest absolute Gasteiger partial charge is 0.330 e. The first kappa shape index (κ1) is 14.1. The van der Waals surface area contributed by atoms with Crippen LogP contribution in [-0.2, 0) is 9.53 Å². The van der Waals surface area contributed by atoms with E-state index in [1.54, 1.807) is 24.9 Å². The van der Waals surface area contributed by atoms with Crippen LogP contribution in [0.3, 0.4) is 0 Å². The van der Waals surface area contributed by atoms with Crippen LogP contribution in [0.2, 0.25) is 0 Å². The van der Waals surface area contributed by atoms with Crippen LogP contribution >= 0.6 is 0 Å². The van der Waals surface area contributed by atoms with Gasteiger partial charge in [-0.3, -0.25) is 4.90 Å². The van der Waals surface area contributed by atoms with Crippen molar-refractivity contribution in [3.8, 4) is 0 Å². The van der Waals surface area contributed by atoms with Crippen molar-refractivity contribution in [3.63, 3.8) is 0 Å². The molecule has 0 unspecified atom stereocenters. The van der Waals surface area contributed by atoms with Crippen molar-refractivity contribution in [1.29, 1.82) is 0 Å². The largest absolute Gasteiger partial charge is 0.466 e. The van der Waals surface area contributed by atoms with Gasteiger partial charge in [-0.25, -0.2) is 4.79 Å². The van der Waals surface area contributed by atoms with Crippen molar-refractivity contribution < 1.29 is 19.7 Å². The molecule has 0 amide bonds. The number of hydrogen-bond acceptors (Lipinski definition) is 5. The summed E-state index contributed by atoms with van der Waals surface area (Å²) in [6.45, 7) is 2.09. The molecule has 0 rings (SSSR count). The Hall–Kier alpha value is -0.910. The molecular weight excluding hydrogens is 198 g/mol. The minimum atomic E-state index is -1.12. The second-order valence-corrected chi connectivity index (χ2v) is 3.78. The number of likely N-dealkylation sites (N-methyl/N-ethyl adjacent to an activating group) is 1. The van der Waals surface area contributed by atoms with Crippen molar-refractivity contribution in [2.45, 2.75) is 12.5 Å². The second-order valence-electron chi connectivity index (χ2n) is 3.78. The zero-order chi connectivity index (χ0) is 11.9. The number of aliphatic hydroxyl groups is 2. The molecule has 0 aromatic rings. The van der Waals surface area contributed by atoms with Gasteiger partial charge in [-0.2, -0.15) is 0 Å². The first-order valence-corrected chi connectivity index (χ1v) is 4.67. The van der Waals surface area contributed by atoms with Crippen LogP contribution in [-0.4, -0.2) is 60.5 Å². The van der Waals surface area contributed by atoms with Gasteiger partial charge in [-0.05, 0) is 14.0 Å². The fourth-order valence-electron chi connectivity index (χ4n) is 1.09. The molecule has 1 atom stereocenters. The zero-order valence-electron chi connectivity index (χ0n) is 9.43. The zero-order valence-corrected chi connectivity index (χ0v) is 9.43. The molecule has 0 aromatic carbocycles. The van der Waals surface area contributed by atoms with E-state index in [1.165, 1.54) is 13.2 Å². The molecule has 0 aliphatic rings. The van der Waals surface area contributed by atoms with Gasteiger partial charge in [0.1, 0.15) is 0 Å². The summed E-state index contributed by atoms with van der Waals surface area (Å²) in [5, 5.41) is 18.4. The molecule has 88 valence electrons. The average molecular weight is 217 g/mol. The highest BCUT2D eigenvalue weighted by Crippen LogP contribution is 2.03. The van der Waals surface area contributed by atoms with Gasteiger partial charge in [0, 0.05) is 19.2 Å². The molecule has 0 saturated carbocycles. The molecule has 0 aliphatic carbocycles. The molecular formula is C10H19NO4. The lowest BCUT2D eigenvalue weighted by molar-refractivity contribution is -0.134. The van der Waals surface area contributed by atoms with E-state index < -0.39 is 11.6 Å². The number of hydrogen-bond donors (Lipinski definition) is 2. The molecule has 0 radical (unpaired) electrons. The van der Waals surface area contributed by atoms with Gasteiger partial charge >= 0.3 is 5.97 Å². The van der Waals surface area contributed by atoms with E-state index in [0.29, 0.717) is 13.1 Å². The number of carbonyl (C=O) groups is 1. The molecule has 5 nitrogen and oxygen atoms in total. The van der Waals surface area contributed by atoms with Crippen LogP contribution in [0, 0.1) is 0 Å². The number of ether oxygens (including phenoxy) is 1. The van der Waals surface area contributed by atoms with Crippen LogP contribution in [0.25, 0.3) is 0 Å². The summed E-state index contributed by atoms with van der Waals surface area (Å²) in [6, 6.07) is 0. The topological polar surface area (TPSA) is 70.0 Å². The highest BCUT2D eigenvalue weighted by atomic mass is 16.5. The van der Waals surface area contributed by atoms with Crippen LogP contribution in [0.1, 0.15) is 6.92 Å². The Morgan fingerprint density at radius 3 is 2.67 bits per heavy atom. The third kappa shape index (κ3) is 7.07. The monoisotopic (exact) mass is 217 g/mol. The molecule has 0 aliphatic heterocycles. The maximum Gasteiger partial charge on any atom is 0.330 e. The highest BCUT2D eigenvalue weighted by molar-refractivity contribution is 5.81. The van der Waals surface area contributed by atoms with Crippen LogP contribution in [0.4, 0.5) is 0 Å². The summed E-state index contributed by atoms with van der Waals surface area (Å²) in [6.07, 6.45) is 2.96. The molecule has 0 fully saturated rings. The summed E-state index contributed by atoms with van der Waals surface area (Å²) in [5.41, 5.74) is -1.12. The van der Waals surface area contributed by atoms with Gasteiger partial charge in [-0.1, -0.05) is 6.08 Å². The number of aliphatic hydroxyl groups excluding tert-OH is 1. The molecule has 0 spiro atoms. The Labute approximate surface area is 90.0 Å². The van der Waals surface area contributed by atoms with Crippen LogP contribution in [0.15, 0.2) is 12.2 Å². The second kappa shape index (κ2) is 6.55. The normalized spacial score (nSPS) is 15.6. The third-order valence-electron chi connectivity index (χ3n) is 1.82. The first-order chi connectivity index (χ1) is 6.91. The highest BCUT2D eigenvalue weighted by Gasteiger charge is 2.20. The van der Waals surface area contributed by atoms with E-state index in [-0.39, 0.29) is 6.61 Å². The van der Waals surface area contributed by atoms with Gasteiger partial charge in [0.05, 0.1) is 19.3 Å². The Kier molecular flexibility index (Phi) is 6.15. The molecule has 0 heterocycles. The fourth-order valence-corrected chi connectivity index (χ4v) is 1.09. The summed E-state index contributed by atoms with van der Waals surface area (Å²) in [5.74, 6) is -0.405. The lowest BCUT2D eigenvalue weighted by Gasteiger charge is -2.26. The van der Waals surface area contributed by atoms with Crippen molar-refractivity contribution in [3.05, 3.63) is 12.2 Å². The van der Waals surface area contributed by atoms with E-state index in [9.17, 15) is 9.90 Å². The van der Waals surface area contributed by atoms with E-state index in [1.807, 2.05) is 0 Å². The quantitative estimate of drug-likeness (QED) is 0.459. The Bertz CT molecular complexity index is 225. The summed E-state index contributed by atoms with van der Waals surface area (Å²) >= 11 is 0. The summed E-state index contributed by atoms with van der Waals surface area (Å²) in [7, 11) is 3.10. The van der Waals surface area contributed by atoms with Crippen LogP contribution in [0.5, 0.6) is 0 Å². The molecule has 5 heteroatoms. The molecule has 2 N–H and O–H groups in total. The average Bonchev–Trinajstić information content (AvgIpc) is 2.16. The third-order valence-corrected chi connectivity index (χ3v) is 1.82. The van der Waals surface area contributed by atoms with Crippen LogP contribution < -0.4 is 0 Å². The number of methoxy groups -OCH3 is 1. The van der Waals surface area contributed by atoms with Gasteiger partial charge in [0.15, 0.2) is 0 Å². The Morgan fingerprint density at radius 2 is 2.20 bits per heavy atom. The maximum atomic E-state index is 10.7. The minimum Gasteiger partial charge on any atom is -0.466 e. The molecule has 0 saturated heterocycles. The van der Waals surface area contributed by atoms with Gasteiger partial charge < -0.3 is 14.9 Å². The molecule has 0 aromatic heterocycles. The van der Waals surface area contributed by atoms with Gasteiger partial charge in [0.2, 0.25) is 0 Å². The van der Waals surface area contributed by atoms with Gasteiger partial charge in [-0.15, -0.1) is 0 Å². The molecule has 15 heavy (non-hydrogen) atoms. The molecule has 0 bridgehead atoms. The van der Waals surface area contributed by atoms with Crippen molar-refractivity contribution in [2.24, 2.45) is 0 Å². The van der Waals surface area contributed by atoms with Crippen molar-refractivity contribution in [1.82, 2.24) is 4.90 Å². The summed E-state index contributed by atoms with van der Waals surface area (Å²) < 4.78 is 4.42. The number of nitrogens with zero attached hydrogens (tertiary/aromatic N) is 1. The fraction of sp³-hybridized carbons (Fsp3) is 0.700. The predicted octanol–water partition coefficient (Wildman–Crippen LogP) is -0.609. The van der Waals surface area contributed by atoms with E-state index in [4.69, 9.17) is 5.11 Å². The Morgan fingerprint density at radius 1 is 1.60 bits per heavy atom. The predicted molar refractivity (Wildman–Crippen MR) is 56.4 cm³/mol. The standard InChI is InChI=1S/C10H19NO4/c1-10(14,8-12)7-11(2)6-4-5-9(13)15-3/h4-5,12,14H,6-8H2,1-3H3/b5-4+/t10-/m0/s1. The van der Waals surface area contributed by atoms with E-state index in [2.05, 4.69) is 4.74 Å². The van der Waals surface area contributed by atoms with E-state index in [0.717, 1.165) is 0 Å². The SMILES string of the molecule is COC(=O)/C=C/CN(C)C[C@](C)(O)CO. The Balaban J connectivity index is 3.89. The maximum absolute atomic E-state index is 10.7. The lowest BCUT2D eigenvalue weighted by atomic mass is 10.1. The van der Waals surface area contributed by atoms with E-state index >= 15 is 0 Å². The summed E-state index contributed by atoms with van der Waals surface area (Å²) in [4.78, 5) is 12.5. The van der Waals surface area contributed by atoms with Crippen molar-refractivity contribution >= 4 is 5.97 Å². The first-order valence-electron chi connectivity index (χ1n) is 4.67. The number of esters is 1. The van der Waals surface area contributed by atoms with Gasteiger partial charge in [0.25, 0.3) is 0 Å². The van der Waals surface area contributed by atoms with Crippen molar-refractivity contribution in [2.75, 3.05) is 33.9 Å². The minimum absolute atomic E-state index is 0.294.